The minimum atomic E-state index is -1.41. The highest BCUT2D eigenvalue weighted by Crippen LogP contribution is 2.20. The van der Waals surface area contributed by atoms with Gasteiger partial charge in [0.2, 0.25) is 5.91 Å². The fourth-order valence-electron chi connectivity index (χ4n) is 3.41. The van der Waals surface area contributed by atoms with Crippen LogP contribution >= 0.6 is 0 Å². The summed E-state index contributed by atoms with van der Waals surface area (Å²) in [5.41, 5.74) is -1.19. The van der Waals surface area contributed by atoms with Gasteiger partial charge in [0.1, 0.15) is 6.54 Å². The number of nitrogens with one attached hydrogen (secondary N) is 2. The maximum Gasteiger partial charge on any atom is 0.331 e. The second-order valence-corrected chi connectivity index (χ2v) is 6.97. The molecule has 0 radical (unpaired) electrons. The highest BCUT2D eigenvalue weighted by Gasteiger charge is 2.44. The zero-order valence-corrected chi connectivity index (χ0v) is 14.6. The molecule has 1 saturated heterocycles. The molecule has 2 aliphatic rings. The first-order chi connectivity index (χ1) is 12.5. The van der Waals surface area contributed by atoms with E-state index in [0.717, 1.165) is 25.7 Å². The molecule has 1 aromatic heterocycles. The molecule has 1 aromatic rings. The van der Waals surface area contributed by atoms with Gasteiger partial charge < -0.3 is 20.5 Å². The molecule has 3 rings (SSSR count). The van der Waals surface area contributed by atoms with Crippen molar-refractivity contribution in [3.63, 3.8) is 0 Å². The average Bonchev–Trinajstić information content (AvgIpc) is 3.26. The largest absolute Gasteiger partial charge is 0.479 e. The van der Waals surface area contributed by atoms with E-state index in [9.17, 15) is 19.5 Å². The summed E-state index contributed by atoms with van der Waals surface area (Å²) >= 11 is 0. The van der Waals surface area contributed by atoms with Crippen LogP contribution in [0.1, 0.15) is 48.9 Å². The number of ether oxygens (including phenoxy) is 1. The van der Waals surface area contributed by atoms with E-state index in [4.69, 9.17) is 4.74 Å². The summed E-state index contributed by atoms with van der Waals surface area (Å²) in [6.45, 7) is 0.246. The molecule has 1 atom stereocenters. The van der Waals surface area contributed by atoms with E-state index in [1.165, 1.54) is 23.5 Å². The minimum absolute atomic E-state index is 0.0248. The van der Waals surface area contributed by atoms with E-state index in [2.05, 4.69) is 15.7 Å². The van der Waals surface area contributed by atoms with Gasteiger partial charge in [-0.05, 0) is 12.8 Å². The third kappa shape index (κ3) is 4.21. The molecule has 1 aliphatic heterocycles. The van der Waals surface area contributed by atoms with Gasteiger partial charge in [0.25, 0.3) is 5.91 Å². The molecule has 9 nitrogen and oxygen atoms in total. The van der Waals surface area contributed by atoms with Gasteiger partial charge in [0, 0.05) is 25.3 Å². The lowest BCUT2D eigenvalue weighted by Gasteiger charge is -2.23. The number of hydrogen-bond acceptors (Lipinski definition) is 5. The summed E-state index contributed by atoms with van der Waals surface area (Å²) in [6, 6.07) is 0.215. The summed E-state index contributed by atoms with van der Waals surface area (Å²) in [6.07, 6.45) is 8.46. The number of aromatic nitrogens is 2. The topological polar surface area (TPSA) is 123 Å². The Balaban J connectivity index is 1.55. The predicted octanol–water partition coefficient (Wildman–Crippen LogP) is 0.305. The second kappa shape index (κ2) is 7.86. The quantitative estimate of drug-likeness (QED) is 0.667. The van der Waals surface area contributed by atoms with Crippen LogP contribution in [-0.2, 0) is 20.9 Å². The number of carboxylic acids is 1. The third-order valence-corrected chi connectivity index (χ3v) is 4.96. The smallest absolute Gasteiger partial charge is 0.331 e. The Morgan fingerprint density at radius 1 is 1.31 bits per heavy atom. The summed E-state index contributed by atoms with van der Waals surface area (Å²) in [5, 5.41) is 18.9. The van der Waals surface area contributed by atoms with Gasteiger partial charge >= 0.3 is 5.97 Å². The molecular formula is C17H24N4O5. The second-order valence-electron chi connectivity index (χ2n) is 6.97. The van der Waals surface area contributed by atoms with Gasteiger partial charge in [-0.15, -0.1) is 0 Å². The van der Waals surface area contributed by atoms with Crippen molar-refractivity contribution in [2.75, 3.05) is 13.2 Å². The maximum absolute atomic E-state index is 12.3. The molecule has 1 aliphatic carbocycles. The predicted molar refractivity (Wildman–Crippen MR) is 90.5 cm³/mol. The lowest BCUT2D eigenvalue weighted by Crippen LogP contribution is -2.55. The highest BCUT2D eigenvalue weighted by atomic mass is 16.5. The van der Waals surface area contributed by atoms with Crippen molar-refractivity contribution in [2.24, 2.45) is 0 Å². The summed E-state index contributed by atoms with van der Waals surface area (Å²) in [7, 11) is 0. The fraction of sp³-hybridized carbons (Fsp3) is 0.647. The molecule has 1 saturated carbocycles. The van der Waals surface area contributed by atoms with E-state index in [-0.39, 0.29) is 43.7 Å². The Bertz CT molecular complexity index is 674. The van der Waals surface area contributed by atoms with Crippen molar-refractivity contribution in [3.8, 4) is 0 Å². The summed E-state index contributed by atoms with van der Waals surface area (Å²) in [5.74, 6) is -1.81. The molecule has 2 fully saturated rings. The number of aliphatic carboxylic acids is 1. The Hall–Kier alpha value is -2.42. The zero-order valence-electron chi connectivity index (χ0n) is 14.6. The number of carbonyl (C=O) groups excluding carboxylic acids is 2. The molecule has 9 heteroatoms. The van der Waals surface area contributed by atoms with Crippen LogP contribution in [0.2, 0.25) is 0 Å². The highest BCUT2D eigenvalue weighted by molar-refractivity contribution is 5.97. The minimum Gasteiger partial charge on any atom is -0.479 e. The van der Waals surface area contributed by atoms with Crippen LogP contribution in [0.15, 0.2) is 12.4 Å². The van der Waals surface area contributed by atoms with Crippen LogP contribution in [0.4, 0.5) is 0 Å². The molecule has 1 unspecified atom stereocenters. The number of carboxylic acid groups (broad SMARTS) is 1. The molecule has 0 bridgehead atoms. The zero-order chi connectivity index (χ0) is 18.6. The van der Waals surface area contributed by atoms with Crippen LogP contribution in [-0.4, -0.2) is 57.5 Å². The first kappa shape index (κ1) is 18.4. The fourth-order valence-corrected chi connectivity index (χ4v) is 3.41. The van der Waals surface area contributed by atoms with Gasteiger partial charge in [0.15, 0.2) is 5.54 Å². The number of nitrogens with zero attached hydrogens (tertiary/aromatic N) is 2. The van der Waals surface area contributed by atoms with E-state index >= 15 is 0 Å². The summed E-state index contributed by atoms with van der Waals surface area (Å²) in [4.78, 5) is 35.9. The molecule has 2 heterocycles. The van der Waals surface area contributed by atoms with E-state index in [1.54, 1.807) is 0 Å². The number of carbonyl (C=O) groups is 3. The van der Waals surface area contributed by atoms with Gasteiger partial charge in [-0.3, -0.25) is 14.3 Å². The molecule has 3 N–H and O–H groups in total. The van der Waals surface area contributed by atoms with E-state index < -0.39 is 17.4 Å². The maximum atomic E-state index is 12.3. The molecular weight excluding hydrogens is 340 g/mol. The Labute approximate surface area is 151 Å². The van der Waals surface area contributed by atoms with Gasteiger partial charge in [-0.2, -0.15) is 5.10 Å². The number of hydrogen-bond donors (Lipinski definition) is 3. The Kier molecular flexibility index (Phi) is 5.55. The molecule has 0 spiro atoms. The Morgan fingerprint density at radius 3 is 2.73 bits per heavy atom. The number of amides is 2. The lowest BCUT2D eigenvalue weighted by molar-refractivity contribution is -0.144. The molecule has 26 heavy (non-hydrogen) atoms. The first-order valence-corrected chi connectivity index (χ1v) is 8.94. The van der Waals surface area contributed by atoms with Crippen molar-refractivity contribution in [1.29, 1.82) is 0 Å². The van der Waals surface area contributed by atoms with Crippen LogP contribution in [0.5, 0.6) is 0 Å². The summed E-state index contributed by atoms with van der Waals surface area (Å²) < 4.78 is 6.50. The van der Waals surface area contributed by atoms with E-state index in [1.807, 2.05) is 0 Å². The Morgan fingerprint density at radius 2 is 2.08 bits per heavy atom. The lowest BCUT2D eigenvalue weighted by atomic mass is 9.95. The van der Waals surface area contributed by atoms with Crippen molar-refractivity contribution in [3.05, 3.63) is 18.0 Å². The van der Waals surface area contributed by atoms with Crippen LogP contribution in [0.25, 0.3) is 0 Å². The van der Waals surface area contributed by atoms with Crippen molar-refractivity contribution >= 4 is 17.8 Å². The first-order valence-electron chi connectivity index (χ1n) is 8.94. The van der Waals surface area contributed by atoms with Gasteiger partial charge in [-0.25, -0.2) is 4.79 Å². The van der Waals surface area contributed by atoms with Crippen LogP contribution < -0.4 is 10.6 Å². The molecule has 2 amide bonds. The average molecular weight is 364 g/mol. The van der Waals surface area contributed by atoms with Crippen molar-refractivity contribution < 1.29 is 24.2 Å². The molecule has 0 aromatic carbocycles. The third-order valence-electron chi connectivity index (χ3n) is 4.96. The van der Waals surface area contributed by atoms with Crippen LogP contribution in [0, 0.1) is 0 Å². The SMILES string of the molecule is O=C(Cn1cc(C(=O)NC2(C(=O)O)CCOC2)cn1)NC1CCCCC1. The standard InChI is InChI=1S/C17H24N4O5/c22-14(19-13-4-2-1-3-5-13)10-21-9-12(8-18-21)15(23)20-17(16(24)25)6-7-26-11-17/h8-9,13H,1-7,10-11H2,(H,19,22)(H,20,23)(H,24,25). The number of rotatable bonds is 6. The normalized spacial score (nSPS) is 23.5. The van der Waals surface area contributed by atoms with Crippen LogP contribution in [0.3, 0.4) is 0 Å². The molecule has 142 valence electrons. The van der Waals surface area contributed by atoms with Gasteiger partial charge in [0.05, 0.1) is 18.4 Å². The van der Waals surface area contributed by atoms with Gasteiger partial charge in [-0.1, -0.05) is 19.3 Å². The van der Waals surface area contributed by atoms with Crippen molar-refractivity contribution in [2.45, 2.75) is 56.7 Å². The monoisotopic (exact) mass is 364 g/mol. The van der Waals surface area contributed by atoms with Crippen molar-refractivity contribution in [1.82, 2.24) is 20.4 Å². The van der Waals surface area contributed by atoms with E-state index in [0.29, 0.717) is 0 Å².